The van der Waals surface area contributed by atoms with E-state index in [1.165, 1.54) is 0 Å². The fourth-order valence-corrected chi connectivity index (χ4v) is 2.46. The predicted octanol–water partition coefficient (Wildman–Crippen LogP) is 3.64. The lowest BCUT2D eigenvalue weighted by Gasteiger charge is -2.14. The molecule has 6 nitrogen and oxygen atoms in total. The first kappa shape index (κ1) is 16.2. The lowest BCUT2D eigenvalue weighted by atomic mass is 10.2. The zero-order valence-electron chi connectivity index (χ0n) is 12.9. The Morgan fingerprint density at radius 2 is 2.00 bits per heavy atom. The van der Waals surface area contributed by atoms with Crippen molar-refractivity contribution in [3.05, 3.63) is 59.3 Å². The number of nitrogens with one attached hydrogen (secondary N) is 2. The van der Waals surface area contributed by atoms with Crippen LogP contribution in [0.1, 0.15) is 6.92 Å². The zero-order chi connectivity index (χ0) is 16.9. The standard InChI is InChI=1S/C17H15BrN4O2/c1-11(24-15-5-3-2-4-13(15)18)17(23)20-16-10-14(21-22-16)12-6-8-19-9-7-12/h2-11H,1H3,(H2,20,21,22,23). The number of aromatic nitrogens is 3. The van der Waals surface area contributed by atoms with Gasteiger partial charge >= 0.3 is 0 Å². The molecule has 2 N–H and O–H groups in total. The first-order valence-electron chi connectivity index (χ1n) is 7.31. The lowest BCUT2D eigenvalue weighted by Crippen LogP contribution is -2.30. The number of benzene rings is 1. The first-order valence-corrected chi connectivity index (χ1v) is 8.10. The molecule has 122 valence electrons. The van der Waals surface area contributed by atoms with Crippen molar-refractivity contribution in [2.24, 2.45) is 0 Å². The Labute approximate surface area is 147 Å². The van der Waals surface area contributed by atoms with Crippen molar-refractivity contribution in [2.45, 2.75) is 13.0 Å². The molecule has 7 heteroatoms. The number of carbonyl (C=O) groups is 1. The topological polar surface area (TPSA) is 79.9 Å². The third-order valence-electron chi connectivity index (χ3n) is 3.33. The van der Waals surface area contributed by atoms with Gasteiger partial charge in [-0.3, -0.25) is 14.9 Å². The summed E-state index contributed by atoms with van der Waals surface area (Å²) < 4.78 is 6.46. The first-order chi connectivity index (χ1) is 11.6. The van der Waals surface area contributed by atoms with Crippen molar-refractivity contribution in [1.29, 1.82) is 0 Å². The van der Waals surface area contributed by atoms with Gasteiger partial charge in [0.15, 0.2) is 11.9 Å². The number of hydrogen-bond donors (Lipinski definition) is 2. The maximum absolute atomic E-state index is 12.3. The summed E-state index contributed by atoms with van der Waals surface area (Å²) in [4.78, 5) is 16.2. The number of amides is 1. The molecule has 3 rings (SSSR count). The molecule has 0 aliphatic heterocycles. The summed E-state index contributed by atoms with van der Waals surface area (Å²) in [6, 6.07) is 12.9. The van der Waals surface area contributed by atoms with Crippen molar-refractivity contribution in [3.63, 3.8) is 0 Å². The summed E-state index contributed by atoms with van der Waals surface area (Å²) in [5.74, 6) is 0.771. The molecule has 1 atom stereocenters. The summed E-state index contributed by atoms with van der Waals surface area (Å²) in [6.45, 7) is 1.69. The smallest absolute Gasteiger partial charge is 0.266 e. The van der Waals surface area contributed by atoms with Crippen LogP contribution in [-0.2, 0) is 4.79 Å². The maximum atomic E-state index is 12.3. The van der Waals surface area contributed by atoms with Gasteiger partial charge in [-0.25, -0.2) is 0 Å². The van der Waals surface area contributed by atoms with Gasteiger partial charge in [0.05, 0.1) is 10.2 Å². The minimum absolute atomic E-state index is 0.279. The monoisotopic (exact) mass is 386 g/mol. The van der Waals surface area contributed by atoms with Gasteiger partial charge in [0.25, 0.3) is 5.91 Å². The van der Waals surface area contributed by atoms with E-state index in [1.807, 2.05) is 30.3 Å². The highest BCUT2D eigenvalue weighted by molar-refractivity contribution is 9.10. The molecule has 0 radical (unpaired) electrons. The number of hydrogen-bond acceptors (Lipinski definition) is 4. The number of halogens is 1. The second-order valence-electron chi connectivity index (χ2n) is 5.08. The van der Waals surface area contributed by atoms with E-state index in [1.54, 1.807) is 31.5 Å². The lowest BCUT2D eigenvalue weighted by molar-refractivity contribution is -0.122. The van der Waals surface area contributed by atoms with Crippen molar-refractivity contribution in [1.82, 2.24) is 15.2 Å². The van der Waals surface area contributed by atoms with Crippen LogP contribution in [0.3, 0.4) is 0 Å². The number of ether oxygens (including phenoxy) is 1. The van der Waals surface area contributed by atoms with Crippen LogP contribution in [0.5, 0.6) is 5.75 Å². The van der Waals surface area contributed by atoms with Crippen LogP contribution in [0.25, 0.3) is 11.3 Å². The Kier molecular flexibility index (Phi) is 4.90. The van der Waals surface area contributed by atoms with Crippen molar-refractivity contribution in [3.8, 4) is 17.0 Å². The second kappa shape index (κ2) is 7.27. The largest absolute Gasteiger partial charge is 0.480 e. The van der Waals surface area contributed by atoms with E-state index in [4.69, 9.17) is 4.74 Å². The SMILES string of the molecule is CC(Oc1ccccc1Br)C(=O)Nc1cc(-c2ccncc2)[nH]n1. The van der Waals surface area contributed by atoms with Crippen LogP contribution in [0, 0.1) is 0 Å². The number of anilines is 1. The molecule has 1 unspecified atom stereocenters. The van der Waals surface area contributed by atoms with E-state index >= 15 is 0 Å². The van der Waals surface area contributed by atoms with Gasteiger partial charge in [0, 0.05) is 24.0 Å². The minimum Gasteiger partial charge on any atom is -0.480 e. The molecule has 0 aliphatic rings. The number of H-pyrrole nitrogens is 1. The van der Waals surface area contributed by atoms with E-state index in [0.717, 1.165) is 15.7 Å². The van der Waals surface area contributed by atoms with Gasteiger partial charge < -0.3 is 10.1 Å². The van der Waals surface area contributed by atoms with Crippen LogP contribution >= 0.6 is 15.9 Å². The number of para-hydroxylation sites is 1. The number of pyridine rings is 1. The van der Waals surface area contributed by atoms with E-state index in [2.05, 4.69) is 36.4 Å². The fraction of sp³-hybridized carbons (Fsp3) is 0.118. The highest BCUT2D eigenvalue weighted by Crippen LogP contribution is 2.25. The zero-order valence-corrected chi connectivity index (χ0v) is 14.4. The molecule has 2 aromatic heterocycles. The van der Waals surface area contributed by atoms with Crippen molar-refractivity contribution >= 4 is 27.7 Å². The summed E-state index contributed by atoms with van der Waals surface area (Å²) in [5.41, 5.74) is 1.74. The summed E-state index contributed by atoms with van der Waals surface area (Å²) in [5, 5.41) is 9.72. The van der Waals surface area contributed by atoms with E-state index < -0.39 is 6.10 Å². The van der Waals surface area contributed by atoms with Gasteiger partial charge in [-0.2, -0.15) is 5.10 Å². The third-order valence-corrected chi connectivity index (χ3v) is 3.99. The van der Waals surface area contributed by atoms with E-state index in [-0.39, 0.29) is 5.91 Å². The molecule has 24 heavy (non-hydrogen) atoms. The predicted molar refractivity (Wildman–Crippen MR) is 94.7 cm³/mol. The molecule has 2 heterocycles. The second-order valence-corrected chi connectivity index (χ2v) is 5.94. The number of rotatable bonds is 5. The molecule has 1 aromatic carbocycles. The van der Waals surface area contributed by atoms with Crippen molar-refractivity contribution in [2.75, 3.05) is 5.32 Å². The number of nitrogens with zero attached hydrogens (tertiary/aromatic N) is 2. The summed E-state index contributed by atoms with van der Waals surface area (Å²) in [6.07, 6.45) is 2.73. The van der Waals surface area contributed by atoms with Crippen molar-refractivity contribution < 1.29 is 9.53 Å². The van der Waals surface area contributed by atoms with Crippen LogP contribution in [0.4, 0.5) is 5.82 Å². The van der Waals surface area contributed by atoms with Gasteiger partial charge in [0.1, 0.15) is 5.75 Å². The van der Waals surface area contributed by atoms with Gasteiger partial charge in [0.2, 0.25) is 0 Å². The molecule has 0 spiro atoms. The Bertz CT molecular complexity index is 835. The highest BCUT2D eigenvalue weighted by atomic mass is 79.9. The van der Waals surface area contributed by atoms with Gasteiger partial charge in [-0.1, -0.05) is 12.1 Å². The Hall–Kier alpha value is -2.67. The number of carbonyl (C=O) groups excluding carboxylic acids is 1. The van der Waals surface area contributed by atoms with Crippen LogP contribution in [0.15, 0.2) is 59.3 Å². The van der Waals surface area contributed by atoms with E-state index in [9.17, 15) is 4.79 Å². The van der Waals surface area contributed by atoms with Gasteiger partial charge in [-0.15, -0.1) is 0 Å². The minimum atomic E-state index is -0.662. The quantitative estimate of drug-likeness (QED) is 0.701. The summed E-state index contributed by atoms with van der Waals surface area (Å²) >= 11 is 3.39. The number of aromatic amines is 1. The molecule has 0 saturated heterocycles. The molecule has 0 fully saturated rings. The normalized spacial score (nSPS) is 11.8. The Balaban J connectivity index is 1.65. The average Bonchev–Trinajstić information content (AvgIpc) is 3.06. The Morgan fingerprint density at radius 1 is 1.25 bits per heavy atom. The molecule has 0 bridgehead atoms. The Morgan fingerprint density at radius 3 is 2.75 bits per heavy atom. The fourth-order valence-electron chi connectivity index (χ4n) is 2.08. The molecule has 0 saturated carbocycles. The highest BCUT2D eigenvalue weighted by Gasteiger charge is 2.17. The third kappa shape index (κ3) is 3.80. The summed E-state index contributed by atoms with van der Waals surface area (Å²) in [7, 11) is 0. The molecule has 0 aliphatic carbocycles. The van der Waals surface area contributed by atoms with Crippen LogP contribution in [-0.4, -0.2) is 27.2 Å². The molecule has 1 amide bonds. The molecule has 3 aromatic rings. The van der Waals surface area contributed by atoms with Crippen LogP contribution < -0.4 is 10.1 Å². The van der Waals surface area contributed by atoms with Gasteiger partial charge in [-0.05, 0) is 47.1 Å². The maximum Gasteiger partial charge on any atom is 0.266 e. The molecular weight excluding hydrogens is 372 g/mol. The average molecular weight is 387 g/mol. The van der Waals surface area contributed by atoms with Crippen LogP contribution in [0.2, 0.25) is 0 Å². The van der Waals surface area contributed by atoms with E-state index in [0.29, 0.717) is 11.6 Å². The molecular formula is C17H15BrN4O2.